The standard InChI is InChI=1S/C13H21NO3/c1-5-17-9-10(2)14-11-6-12(15-3)8-13(7-11)16-4/h6-8,10,14H,5,9H2,1-4H3. The highest BCUT2D eigenvalue weighted by Crippen LogP contribution is 2.26. The quantitative estimate of drug-likeness (QED) is 0.793. The Balaban J connectivity index is 2.68. The molecule has 1 atom stereocenters. The Morgan fingerprint density at radius 3 is 2.18 bits per heavy atom. The van der Waals surface area contributed by atoms with E-state index in [0.29, 0.717) is 6.61 Å². The first-order chi connectivity index (χ1) is 8.19. The van der Waals surface area contributed by atoms with Crippen molar-refractivity contribution in [3.05, 3.63) is 18.2 Å². The summed E-state index contributed by atoms with van der Waals surface area (Å²) in [7, 11) is 3.28. The van der Waals surface area contributed by atoms with Gasteiger partial charge >= 0.3 is 0 Å². The van der Waals surface area contributed by atoms with E-state index in [4.69, 9.17) is 14.2 Å². The summed E-state index contributed by atoms with van der Waals surface area (Å²) in [6.45, 7) is 5.46. The molecule has 4 nitrogen and oxygen atoms in total. The predicted octanol–water partition coefficient (Wildman–Crippen LogP) is 2.54. The van der Waals surface area contributed by atoms with E-state index < -0.39 is 0 Å². The van der Waals surface area contributed by atoms with Crippen molar-refractivity contribution in [1.82, 2.24) is 0 Å². The highest BCUT2D eigenvalue weighted by molar-refractivity contribution is 5.54. The SMILES string of the molecule is CCOCC(C)Nc1cc(OC)cc(OC)c1. The van der Waals surface area contributed by atoms with Crippen LogP contribution in [0.5, 0.6) is 11.5 Å². The van der Waals surface area contributed by atoms with Crippen LogP contribution >= 0.6 is 0 Å². The Hall–Kier alpha value is -1.42. The van der Waals surface area contributed by atoms with E-state index in [1.807, 2.05) is 25.1 Å². The summed E-state index contributed by atoms with van der Waals surface area (Å²) >= 11 is 0. The molecule has 0 amide bonds. The van der Waals surface area contributed by atoms with Crippen molar-refractivity contribution < 1.29 is 14.2 Å². The van der Waals surface area contributed by atoms with Crippen LogP contribution in [0.2, 0.25) is 0 Å². The molecule has 0 aliphatic rings. The molecule has 0 saturated carbocycles. The Morgan fingerprint density at radius 1 is 1.12 bits per heavy atom. The number of ether oxygens (including phenoxy) is 3. The number of methoxy groups -OCH3 is 2. The molecule has 0 aromatic heterocycles. The van der Waals surface area contributed by atoms with Gasteiger partial charge in [-0.05, 0) is 13.8 Å². The minimum atomic E-state index is 0.242. The van der Waals surface area contributed by atoms with Crippen LogP contribution in [0.15, 0.2) is 18.2 Å². The molecule has 0 saturated heterocycles. The van der Waals surface area contributed by atoms with Crippen molar-refractivity contribution in [3.63, 3.8) is 0 Å². The van der Waals surface area contributed by atoms with Gasteiger partial charge in [-0.1, -0.05) is 0 Å². The first-order valence-corrected chi connectivity index (χ1v) is 5.77. The minimum absolute atomic E-state index is 0.242. The van der Waals surface area contributed by atoms with Gasteiger partial charge in [0, 0.05) is 36.5 Å². The van der Waals surface area contributed by atoms with Gasteiger partial charge in [-0.25, -0.2) is 0 Å². The summed E-state index contributed by atoms with van der Waals surface area (Å²) in [4.78, 5) is 0. The molecule has 17 heavy (non-hydrogen) atoms. The van der Waals surface area contributed by atoms with Crippen molar-refractivity contribution in [2.24, 2.45) is 0 Å². The Kier molecular flexibility index (Phi) is 5.63. The molecule has 0 bridgehead atoms. The molecule has 1 aromatic rings. The van der Waals surface area contributed by atoms with Crippen molar-refractivity contribution in [2.75, 3.05) is 32.8 Å². The first kappa shape index (κ1) is 13.6. The number of rotatable bonds is 7. The monoisotopic (exact) mass is 239 g/mol. The van der Waals surface area contributed by atoms with Crippen LogP contribution in [-0.2, 0) is 4.74 Å². The number of nitrogens with one attached hydrogen (secondary N) is 1. The number of hydrogen-bond acceptors (Lipinski definition) is 4. The molecule has 1 aromatic carbocycles. The Bertz CT molecular complexity index is 319. The second-order valence-corrected chi connectivity index (χ2v) is 3.81. The topological polar surface area (TPSA) is 39.7 Å². The fourth-order valence-electron chi connectivity index (χ4n) is 1.51. The molecule has 4 heteroatoms. The lowest BCUT2D eigenvalue weighted by Crippen LogP contribution is -2.21. The zero-order valence-electron chi connectivity index (χ0n) is 10.9. The van der Waals surface area contributed by atoms with E-state index in [1.165, 1.54) is 0 Å². The molecule has 1 N–H and O–H groups in total. The van der Waals surface area contributed by atoms with Crippen LogP contribution in [0, 0.1) is 0 Å². The van der Waals surface area contributed by atoms with E-state index in [-0.39, 0.29) is 6.04 Å². The smallest absolute Gasteiger partial charge is 0.124 e. The molecule has 0 fully saturated rings. The summed E-state index contributed by atoms with van der Waals surface area (Å²) in [6, 6.07) is 5.96. The van der Waals surface area contributed by atoms with Gasteiger partial charge in [-0.15, -0.1) is 0 Å². The average Bonchev–Trinajstić information content (AvgIpc) is 2.35. The Morgan fingerprint density at radius 2 is 1.71 bits per heavy atom. The first-order valence-electron chi connectivity index (χ1n) is 5.77. The summed E-state index contributed by atoms with van der Waals surface area (Å²) in [6.07, 6.45) is 0. The normalized spacial score (nSPS) is 12.0. The average molecular weight is 239 g/mol. The molecule has 0 aliphatic carbocycles. The van der Waals surface area contributed by atoms with Gasteiger partial charge in [0.1, 0.15) is 11.5 Å². The van der Waals surface area contributed by atoms with Gasteiger partial charge in [-0.2, -0.15) is 0 Å². The molecule has 0 heterocycles. The zero-order valence-corrected chi connectivity index (χ0v) is 10.9. The maximum atomic E-state index is 5.36. The van der Waals surface area contributed by atoms with Crippen LogP contribution in [0.4, 0.5) is 5.69 Å². The fourth-order valence-corrected chi connectivity index (χ4v) is 1.51. The second kappa shape index (κ2) is 7.01. The van der Waals surface area contributed by atoms with Crippen LogP contribution in [0.25, 0.3) is 0 Å². The summed E-state index contributed by atoms with van der Waals surface area (Å²) in [5, 5.41) is 3.34. The summed E-state index contributed by atoms with van der Waals surface area (Å²) in [5.74, 6) is 1.55. The largest absolute Gasteiger partial charge is 0.497 e. The van der Waals surface area contributed by atoms with Crippen molar-refractivity contribution in [2.45, 2.75) is 19.9 Å². The number of anilines is 1. The Labute approximate surface area is 103 Å². The second-order valence-electron chi connectivity index (χ2n) is 3.81. The van der Waals surface area contributed by atoms with E-state index in [1.54, 1.807) is 14.2 Å². The molecule has 1 unspecified atom stereocenters. The molecule has 0 spiro atoms. The van der Waals surface area contributed by atoms with E-state index in [2.05, 4.69) is 12.2 Å². The van der Waals surface area contributed by atoms with Crippen LogP contribution < -0.4 is 14.8 Å². The van der Waals surface area contributed by atoms with Gasteiger partial charge in [0.25, 0.3) is 0 Å². The lowest BCUT2D eigenvalue weighted by Gasteiger charge is -2.16. The maximum Gasteiger partial charge on any atom is 0.124 e. The van der Waals surface area contributed by atoms with Crippen molar-refractivity contribution in [3.8, 4) is 11.5 Å². The van der Waals surface area contributed by atoms with Crippen molar-refractivity contribution in [1.29, 1.82) is 0 Å². The molecule has 1 rings (SSSR count). The number of hydrogen-bond donors (Lipinski definition) is 1. The van der Waals surface area contributed by atoms with Gasteiger partial charge in [0.2, 0.25) is 0 Å². The highest BCUT2D eigenvalue weighted by atomic mass is 16.5. The van der Waals surface area contributed by atoms with Crippen LogP contribution in [-0.4, -0.2) is 33.5 Å². The number of benzene rings is 1. The third-order valence-corrected chi connectivity index (χ3v) is 2.34. The van der Waals surface area contributed by atoms with E-state index in [9.17, 15) is 0 Å². The van der Waals surface area contributed by atoms with Gasteiger partial charge < -0.3 is 19.5 Å². The van der Waals surface area contributed by atoms with Crippen LogP contribution in [0.3, 0.4) is 0 Å². The molecule has 0 radical (unpaired) electrons. The van der Waals surface area contributed by atoms with Crippen LogP contribution in [0.1, 0.15) is 13.8 Å². The molecular weight excluding hydrogens is 218 g/mol. The molecular formula is C13H21NO3. The van der Waals surface area contributed by atoms with E-state index in [0.717, 1.165) is 23.8 Å². The summed E-state index contributed by atoms with van der Waals surface area (Å²) in [5.41, 5.74) is 0.966. The molecule has 96 valence electrons. The third kappa shape index (κ3) is 4.53. The van der Waals surface area contributed by atoms with Gasteiger partial charge in [0.05, 0.1) is 20.8 Å². The highest BCUT2D eigenvalue weighted by Gasteiger charge is 2.05. The maximum absolute atomic E-state index is 5.36. The minimum Gasteiger partial charge on any atom is -0.497 e. The van der Waals surface area contributed by atoms with Gasteiger partial charge in [0.15, 0.2) is 0 Å². The van der Waals surface area contributed by atoms with Crippen molar-refractivity contribution >= 4 is 5.69 Å². The fraction of sp³-hybridized carbons (Fsp3) is 0.538. The zero-order chi connectivity index (χ0) is 12.7. The molecule has 0 aliphatic heterocycles. The summed E-state index contributed by atoms with van der Waals surface area (Å²) < 4.78 is 15.8. The lowest BCUT2D eigenvalue weighted by atomic mass is 10.2. The van der Waals surface area contributed by atoms with Gasteiger partial charge in [-0.3, -0.25) is 0 Å². The lowest BCUT2D eigenvalue weighted by molar-refractivity contribution is 0.141. The predicted molar refractivity (Wildman–Crippen MR) is 69.1 cm³/mol. The van der Waals surface area contributed by atoms with E-state index >= 15 is 0 Å². The third-order valence-electron chi connectivity index (χ3n) is 2.34.